The van der Waals surface area contributed by atoms with Gasteiger partial charge >= 0.3 is 0 Å². The molecule has 5 nitrogen and oxygen atoms in total. The van der Waals surface area contributed by atoms with E-state index in [0.717, 1.165) is 25.8 Å². The Balaban J connectivity index is 1.41. The predicted octanol–water partition coefficient (Wildman–Crippen LogP) is 3.20. The SMILES string of the molecule is O=C(CSc1nc2ccccc2s1)N[C@@H]1C(=O)Nc2ccccc21. The Hall–Kier alpha value is -2.38. The fourth-order valence-electron chi connectivity index (χ4n) is 2.59. The van der Waals surface area contributed by atoms with Crippen molar-refractivity contribution in [2.75, 3.05) is 11.1 Å². The second kappa shape index (κ2) is 6.26. The monoisotopic (exact) mass is 355 g/mol. The summed E-state index contributed by atoms with van der Waals surface area (Å²) in [7, 11) is 0. The summed E-state index contributed by atoms with van der Waals surface area (Å²) in [6.45, 7) is 0. The van der Waals surface area contributed by atoms with Crippen molar-refractivity contribution in [1.82, 2.24) is 10.3 Å². The molecule has 0 radical (unpaired) electrons. The molecule has 120 valence electrons. The first-order valence-corrected chi connectivity index (χ1v) is 9.18. The third-order valence-electron chi connectivity index (χ3n) is 3.70. The molecule has 0 fully saturated rings. The highest BCUT2D eigenvalue weighted by Gasteiger charge is 2.31. The Labute approximate surface area is 146 Å². The van der Waals surface area contributed by atoms with Gasteiger partial charge in [0.2, 0.25) is 5.91 Å². The van der Waals surface area contributed by atoms with E-state index in [9.17, 15) is 9.59 Å². The van der Waals surface area contributed by atoms with Gasteiger partial charge < -0.3 is 10.6 Å². The summed E-state index contributed by atoms with van der Waals surface area (Å²) in [4.78, 5) is 28.7. The van der Waals surface area contributed by atoms with E-state index in [1.165, 1.54) is 11.8 Å². The molecule has 1 aliphatic rings. The summed E-state index contributed by atoms with van der Waals surface area (Å²) in [5.74, 6) is -0.156. The number of rotatable bonds is 4. The number of hydrogen-bond acceptors (Lipinski definition) is 5. The number of hydrogen-bond donors (Lipinski definition) is 2. The first-order valence-electron chi connectivity index (χ1n) is 7.38. The number of thiazole rings is 1. The van der Waals surface area contributed by atoms with Gasteiger partial charge in [0.25, 0.3) is 5.91 Å². The van der Waals surface area contributed by atoms with Gasteiger partial charge in [0.15, 0.2) is 4.34 Å². The van der Waals surface area contributed by atoms with Crippen LogP contribution in [0.25, 0.3) is 10.2 Å². The maximum atomic E-state index is 12.2. The number of carbonyl (C=O) groups is 2. The van der Waals surface area contributed by atoms with E-state index in [4.69, 9.17) is 0 Å². The number of anilines is 1. The first kappa shape index (κ1) is 15.2. The quantitative estimate of drug-likeness (QED) is 0.705. The molecule has 1 aromatic heterocycles. The van der Waals surface area contributed by atoms with Gasteiger partial charge in [-0.25, -0.2) is 4.98 Å². The summed E-state index contributed by atoms with van der Waals surface area (Å²) in [6, 6.07) is 14.6. The summed E-state index contributed by atoms with van der Waals surface area (Å²) in [5, 5.41) is 5.57. The molecule has 2 aromatic carbocycles. The summed E-state index contributed by atoms with van der Waals surface area (Å²) in [6.07, 6.45) is 0. The maximum absolute atomic E-state index is 12.2. The molecule has 0 unspecified atom stereocenters. The second-order valence-electron chi connectivity index (χ2n) is 5.31. The Morgan fingerprint density at radius 1 is 1.21 bits per heavy atom. The second-order valence-corrected chi connectivity index (χ2v) is 7.57. The normalized spacial score (nSPS) is 16.0. The summed E-state index contributed by atoms with van der Waals surface area (Å²) >= 11 is 2.95. The van der Waals surface area contributed by atoms with E-state index >= 15 is 0 Å². The number of fused-ring (bicyclic) bond motifs is 2. The van der Waals surface area contributed by atoms with Crippen LogP contribution >= 0.6 is 23.1 Å². The van der Waals surface area contributed by atoms with Crippen molar-refractivity contribution in [3.63, 3.8) is 0 Å². The lowest BCUT2D eigenvalue weighted by Gasteiger charge is -2.10. The molecule has 0 spiro atoms. The lowest BCUT2D eigenvalue weighted by Crippen LogP contribution is -2.33. The van der Waals surface area contributed by atoms with Crippen molar-refractivity contribution in [1.29, 1.82) is 0 Å². The van der Waals surface area contributed by atoms with Gasteiger partial charge in [-0.05, 0) is 18.2 Å². The molecule has 2 N–H and O–H groups in total. The molecule has 1 atom stereocenters. The van der Waals surface area contributed by atoms with Crippen molar-refractivity contribution in [2.24, 2.45) is 0 Å². The number of amides is 2. The van der Waals surface area contributed by atoms with Crippen molar-refractivity contribution < 1.29 is 9.59 Å². The van der Waals surface area contributed by atoms with Gasteiger partial charge in [0.1, 0.15) is 6.04 Å². The summed E-state index contributed by atoms with van der Waals surface area (Å²) < 4.78 is 1.95. The molecule has 3 aromatic rings. The molecule has 7 heteroatoms. The van der Waals surface area contributed by atoms with E-state index in [1.807, 2.05) is 48.5 Å². The fourth-order valence-corrected chi connectivity index (χ4v) is 4.47. The molecule has 0 saturated heterocycles. The minimum Gasteiger partial charge on any atom is -0.340 e. The highest BCUT2D eigenvalue weighted by atomic mass is 32.2. The number of carbonyl (C=O) groups excluding carboxylic acids is 2. The van der Waals surface area contributed by atoms with Gasteiger partial charge in [-0.15, -0.1) is 11.3 Å². The molecule has 0 aliphatic carbocycles. The van der Waals surface area contributed by atoms with Crippen LogP contribution in [0.3, 0.4) is 0 Å². The fraction of sp³-hybridized carbons (Fsp3) is 0.118. The van der Waals surface area contributed by atoms with Crippen molar-refractivity contribution in [2.45, 2.75) is 10.4 Å². The van der Waals surface area contributed by atoms with Crippen LogP contribution in [0.5, 0.6) is 0 Å². The number of benzene rings is 2. The van der Waals surface area contributed by atoms with Gasteiger partial charge in [-0.1, -0.05) is 42.1 Å². The predicted molar refractivity (Wildman–Crippen MR) is 96.3 cm³/mol. The molecular formula is C17H13N3O2S2. The largest absolute Gasteiger partial charge is 0.340 e. The molecular weight excluding hydrogens is 342 g/mol. The van der Waals surface area contributed by atoms with Crippen LogP contribution in [0.4, 0.5) is 5.69 Å². The zero-order valence-corrected chi connectivity index (χ0v) is 14.1. The number of nitrogens with one attached hydrogen (secondary N) is 2. The molecule has 2 heterocycles. The van der Waals surface area contributed by atoms with Crippen LogP contribution in [0.15, 0.2) is 52.9 Å². The van der Waals surface area contributed by atoms with Gasteiger partial charge in [-0.2, -0.15) is 0 Å². The number of para-hydroxylation sites is 2. The van der Waals surface area contributed by atoms with Crippen LogP contribution in [0.2, 0.25) is 0 Å². The first-order chi connectivity index (χ1) is 11.7. The minimum absolute atomic E-state index is 0.184. The minimum atomic E-state index is -0.621. The van der Waals surface area contributed by atoms with Crippen LogP contribution in [0.1, 0.15) is 11.6 Å². The zero-order valence-electron chi connectivity index (χ0n) is 12.5. The van der Waals surface area contributed by atoms with Crippen LogP contribution in [-0.4, -0.2) is 22.6 Å². The van der Waals surface area contributed by atoms with Crippen LogP contribution in [0, 0.1) is 0 Å². The van der Waals surface area contributed by atoms with Crippen molar-refractivity contribution >= 4 is 50.8 Å². The van der Waals surface area contributed by atoms with Crippen LogP contribution in [-0.2, 0) is 9.59 Å². The highest BCUT2D eigenvalue weighted by molar-refractivity contribution is 8.01. The Kier molecular flexibility index (Phi) is 3.95. The van der Waals surface area contributed by atoms with E-state index in [-0.39, 0.29) is 17.6 Å². The van der Waals surface area contributed by atoms with E-state index < -0.39 is 6.04 Å². The highest BCUT2D eigenvalue weighted by Crippen LogP contribution is 2.31. The average Bonchev–Trinajstić information content (AvgIpc) is 3.14. The standard InChI is InChI=1S/C17H13N3O2S2/c21-14(9-23-17-19-12-7-3-4-8-13(12)24-17)20-15-10-5-1-2-6-11(10)18-16(15)22/h1-8,15H,9H2,(H,18,22)(H,20,21)/t15-/m0/s1. The third kappa shape index (κ3) is 2.88. The third-order valence-corrected chi connectivity index (χ3v) is 5.88. The van der Waals surface area contributed by atoms with Crippen molar-refractivity contribution in [3.8, 4) is 0 Å². The smallest absolute Gasteiger partial charge is 0.251 e. The Bertz CT molecular complexity index is 905. The van der Waals surface area contributed by atoms with E-state index in [0.29, 0.717) is 0 Å². The topological polar surface area (TPSA) is 71.1 Å². The molecule has 2 amide bonds. The van der Waals surface area contributed by atoms with Gasteiger partial charge in [0, 0.05) is 11.3 Å². The molecule has 4 rings (SSSR count). The Morgan fingerprint density at radius 2 is 2.00 bits per heavy atom. The maximum Gasteiger partial charge on any atom is 0.251 e. The van der Waals surface area contributed by atoms with E-state index in [2.05, 4.69) is 15.6 Å². The molecule has 0 bridgehead atoms. The lowest BCUT2D eigenvalue weighted by atomic mass is 10.1. The number of nitrogens with zero attached hydrogens (tertiary/aromatic N) is 1. The molecule has 1 aliphatic heterocycles. The molecule has 24 heavy (non-hydrogen) atoms. The lowest BCUT2D eigenvalue weighted by molar-refractivity contribution is -0.124. The van der Waals surface area contributed by atoms with Gasteiger partial charge in [0.05, 0.1) is 16.0 Å². The van der Waals surface area contributed by atoms with E-state index in [1.54, 1.807) is 11.3 Å². The van der Waals surface area contributed by atoms with Gasteiger partial charge in [-0.3, -0.25) is 9.59 Å². The summed E-state index contributed by atoms with van der Waals surface area (Å²) in [5.41, 5.74) is 2.50. The number of thioether (sulfide) groups is 1. The van der Waals surface area contributed by atoms with Crippen molar-refractivity contribution in [3.05, 3.63) is 54.1 Å². The Morgan fingerprint density at radius 3 is 2.88 bits per heavy atom. The zero-order chi connectivity index (χ0) is 16.5. The molecule has 0 saturated carbocycles. The number of aromatic nitrogens is 1. The van der Waals surface area contributed by atoms with Crippen LogP contribution < -0.4 is 10.6 Å². The average molecular weight is 355 g/mol.